The second-order valence-corrected chi connectivity index (χ2v) is 7.06. The van der Waals surface area contributed by atoms with E-state index in [1.165, 1.54) is 16.4 Å². The Morgan fingerprint density at radius 3 is 2.48 bits per heavy atom. The van der Waals surface area contributed by atoms with Crippen molar-refractivity contribution in [1.82, 2.24) is 20.2 Å². The molecule has 150 valence electrons. The Balaban J connectivity index is 1.53. The van der Waals surface area contributed by atoms with Gasteiger partial charge in [0, 0.05) is 6.54 Å². The van der Waals surface area contributed by atoms with Crippen LogP contribution in [0, 0.1) is 0 Å². The molecule has 0 radical (unpaired) electrons. The third-order valence-corrected chi connectivity index (χ3v) is 5.01. The van der Waals surface area contributed by atoms with Crippen LogP contribution >= 0.6 is 11.8 Å². The second kappa shape index (κ2) is 10.3. The van der Waals surface area contributed by atoms with E-state index in [-0.39, 0.29) is 11.7 Å². The number of hydrogen-bond donors (Lipinski definition) is 3. The average Bonchev–Trinajstić information content (AvgIpc) is 3.12. The third-order valence-electron chi connectivity index (χ3n) is 4.06. The molecule has 4 N–H and O–H groups in total. The van der Waals surface area contributed by atoms with Crippen LogP contribution in [0.25, 0.3) is 0 Å². The maximum Gasteiger partial charge on any atom is 0.264 e. The van der Waals surface area contributed by atoms with Gasteiger partial charge in [-0.15, -0.1) is 10.2 Å². The largest absolute Gasteiger partial charge is 0.351 e. The van der Waals surface area contributed by atoms with Gasteiger partial charge in [0.25, 0.3) is 5.95 Å². The maximum atomic E-state index is 12.1. The fourth-order valence-electron chi connectivity index (χ4n) is 2.53. The van der Waals surface area contributed by atoms with Crippen LogP contribution in [0.15, 0.2) is 70.9 Å². The number of carbonyl (C=O) groups excluding carboxylic acids is 1. The molecule has 1 amide bonds. The van der Waals surface area contributed by atoms with E-state index >= 15 is 0 Å². The van der Waals surface area contributed by atoms with E-state index < -0.39 is 0 Å². The zero-order chi connectivity index (χ0) is 20.5. The lowest BCUT2D eigenvalue weighted by atomic mass is 10.1. The van der Waals surface area contributed by atoms with Gasteiger partial charge in [-0.25, -0.2) is 10.1 Å². The standard InChI is InChI=1S/C20H23N7OS/c1-2-17(16-11-7-4-8-12-16)23-24-19-25-26-20(27(19)21)29-14-18(28)22-13-15-9-5-3-6-10-15/h3-12H,2,13-14,21H2,1H3,(H,22,28)(H,24,25)/b23-17+. The van der Waals surface area contributed by atoms with Gasteiger partial charge in [-0.2, -0.15) is 5.10 Å². The summed E-state index contributed by atoms with van der Waals surface area (Å²) in [6, 6.07) is 19.6. The van der Waals surface area contributed by atoms with Gasteiger partial charge >= 0.3 is 0 Å². The van der Waals surface area contributed by atoms with Gasteiger partial charge < -0.3 is 11.2 Å². The molecule has 0 spiro atoms. The van der Waals surface area contributed by atoms with E-state index in [1.54, 1.807) is 0 Å². The summed E-state index contributed by atoms with van der Waals surface area (Å²) in [4.78, 5) is 12.1. The molecule has 0 saturated carbocycles. The molecule has 0 unspecified atom stereocenters. The molecule has 0 atom stereocenters. The van der Waals surface area contributed by atoms with E-state index in [2.05, 4.69) is 26.0 Å². The van der Waals surface area contributed by atoms with Gasteiger partial charge in [0.1, 0.15) is 0 Å². The van der Waals surface area contributed by atoms with Crippen LogP contribution < -0.4 is 16.6 Å². The van der Waals surface area contributed by atoms with Crippen molar-refractivity contribution in [1.29, 1.82) is 0 Å². The Kier molecular flexibility index (Phi) is 7.23. The van der Waals surface area contributed by atoms with Crippen molar-refractivity contribution < 1.29 is 4.79 Å². The number of aromatic nitrogens is 3. The molecule has 0 aliphatic rings. The molecular weight excluding hydrogens is 386 g/mol. The first-order chi connectivity index (χ1) is 14.2. The molecule has 29 heavy (non-hydrogen) atoms. The molecule has 1 aromatic heterocycles. The highest BCUT2D eigenvalue weighted by atomic mass is 32.2. The van der Waals surface area contributed by atoms with Crippen molar-refractivity contribution in [3.05, 3.63) is 71.8 Å². The molecule has 0 aliphatic heterocycles. The van der Waals surface area contributed by atoms with E-state index in [9.17, 15) is 4.79 Å². The SMILES string of the molecule is CC/C(=N\Nc1nnc(SCC(=O)NCc2ccccc2)n1N)c1ccccc1. The fraction of sp³-hybridized carbons (Fsp3) is 0.200. The van der Waals surface area contributed by atoms with Crippen molar-refractivity contribution >= 4 is 29.3 Å². The van der Waals surface area contributed by atoms with Gasteiger partial charge in [-0.05, 0) is 17.5 Å². The molecule has 0 bridgehead atoms. The molecule has 3 rings (SSSR count). The van der Waals surface area contributed by atoms with E-state index in [4.69, 9.17) is 5.84 Å². The average molecular weight is 410 g/mol. The molecular formula is C20H23N7OS. The Labute approximate surface area is 173 Å². The van der Waals surface area contributed by atoms with Crippen LogP contribution in [0.3, 0.4) is 0 Å². The number of hydrogen-bond acceptors (Lipinski definition) is 7. The lowest BCUT2D eigenvalue weighted by Crippen LogP contribution is -2.25. The molecule has 0 aliphatic carbocycles. The van der Waals surface area contributed by atoms with Gasteiger partial charge in [0.15, 0.2) is 0 Å². The monoisotopic (exact) mass is 409 g/mol. The summed E-state index contributed by atoms with van der Waals surface area (Å²) in [5.41, 5.74) is 5.80. The van der Waals surface area contributed by atoms with Gasteiger partial charge in [-0.3, -0.25) is 4.79 Å². The van der Waals surface area contributed by atoms with Crippen molar-refractivity contribution in [2.24, 2.45) is 5.10 Å². The Morgan fingerprint density at radius 2 is 1.79 bits per heavy atom. The summed E-state index contributed by atoms with van der Waals surface area (Å²) in [5, 5.41) is 15.7. The maximum absolute atomic E-state index is 12.1. The molecule has 0 fully saturated rings. The number of benzene rings is 2. The van der Waals surface area contributed by atoms with Crippen LogP contribution in [0.4, 0.5) is 5.95 Å². The number of hydrazone groups is 1. The van der Waals surface area contributed by atoms with Crippen molar-refractivity contribution in [2.45, 2.75) is 25.0 Å². The summed E-state index contributed by atoms with van der Waals surface area (Å²) in [5.74, 6) is 6.42. The predicted octanol–water partition coefficient (Wildman–Crippen LogP) is 2.63. The zero-order valence-corrected chi connectivity index (χ0v) is 16.9. The Morgan fingerprint density at radius 1 is 1.10 bits per heavy atom. The molecule has 3 aromatic rings. The van der Waals surface area contributed by atoms with Crippen LogP contribution in [0.5, 0.6) is 0 Å². The molecule has 0 saturated heterocycles. The number of carbonyl (C=O) groups is 1. The van der Waals surface area contributed by atoms with Crippen molar-refractivity contribution in [3.63, 3.8) is 0 Å². The summed E-state index contributed by atoms with van der Waals surface area (Å²) in [6.07, 6.45) is 0.749. The number of rotatable bonds is 9. The van der Waals surface area contributed by atoms with Crippen molar-refractivity contribution in [3.8, 4) is 0 Å². The third kappa shape index (κ3) is 5.82. The molecule has 2 aromatic carbocycles. The first-order valence-corrected chi connectivity index (χ1v) is 10.2. The smallest absolute Gasteiger partial charge is 0.264 e. The minimum absolute atomic E-state index is 0.105. The normalized spacial score (nSPS) is 11.3. The molecule has 9 heteroatoms. The fourth-order valence-corrected chi connectivity index (χ4v) is 3.21. The lowest BCUT2D eigenvalue weighted by molar-refractivity contribution is -0.118. The summed E-state index contributed by atoms with van der Waals surface area (Å²) >= 11 is 1.21. The highest BCUT2D eigenvalue weighted by molar-refractivity contribution is 7.99. The van der Waals surface area contributed by atoms with Gasteiger partial charge in [0.2, 0.25) is 11.1 Å². The molecule has 1 heterocycles. The van der Waals surface area contributed by atoms with Gasteiger partial charge in [0.05, 0.1) is 11.5 Å². The zero-order valence-electron chi connectivity index (χ0n) is 16.1. The number of amides is 1. The number of thioether (sulfide) groups is 1. The number of anilines is 1. The lowest BCUT2D eigenvalue weighted by Gasteiger charge is -2.06. The van der Waals surface area contributed by atoms with Crippen LogP contribution in [0.2, 0.25) is 0 Å². The first-order valence-electron chi connectivity index (χ1n) is 9.19. The number of nitrogens with one attached hydrogen (secondary N) is 2. The second-order valence-electron chi connectivity index (χ2n) is 6.12. The first kappa shape index (κ1) is 20.4. The number of nitrogens with two attached hydrogens (primary N) is 1. The van der Waals surface area contributed by atoms with Crippen LogP contribution in [-0.4, -0.2) is 32.2 Å². The highest BCUT2D eigenvalue weighted by Crippen LogP contribution is 2.16. The summed E-state index contributed by atoms with van der Waals surface area (Å²) < 4.78 is 1.29. The number of nitrogen functional groups attached to an aromatic ring is 1. The van der Waals surface area contributed by atoms with E-state index in [1.807, 2.05) is 67.6 Å². The predicted molar refractivity (Wildman–Crippen MR) is 116 cm³/mol. The van der Waals surface area contributed by atoms with Crippen LogP contribution in [0.1, 0.15) is 24.5 Å². The topological polar surface area (TPSA) is 110 Å². The summed E-state index contributed by atoms with van der Waals surface area (Å²) in [6.45, 7) is 2.51. The Bertz CT molecular complexity index is 957. The van der Waals surface area contributed by atoms with Crippen molar-refractivity contribution in [2.75, 3.05) is 17.0 Å². The highest BCUT2D eigenvalue weighted by Gasteiger charge is 2.12. The Hall–Kier alpha value is -3.33. The van der Waals surface area contributed by atoms with E-state index in [0.29, 0.717) is 17.6 Å². The molecule has 8 nitrogen and oxygen atoms in total. The quantitative estimate of drug-likeness (QED) is 0.217. The van der Waals surface area contributed by atoms with Crippen LogP contribution in [-0.2, 0) is 11.3 Å². The summed E-state index contributed by atoms with van der Waals surface area (Å²) in [7, 11) is 0. The minimum atomic E-state index is -0.105. The van der Waals surface area contributed by atoms with E-state index in [0.717, 1.165) is 23.3 Å². The number of nitrogens with zero attached hydrogens (tertiary/aromatic N) is 4. The van der Waals surface area contributed by atoms with Gasteiger partial charge in [-0.1, -0.05) is 79.3 Å². The minimum Gasteiger partial charge on any atom is -0.351 e.